The molecule has 6 nitrogen and oxygen atoms in total. The second-order valence-electron chi connectivity index (χ2n) is 4.72. The summed E-state index contributed by atoms with van der Waals surface area (Å²) in [7, 11) is 0. The fourth-order valence-electron chi connectivity index (χ4n) is 2.46. The molecule has 0 aromatic heterocycles. The molecule has 0 saturated carbocycles. The lowest BCUT2D eigenvalue weighted by Crippen LogP contribution is -2.42. The molecule has 19 heavy (non-hydrogen) atoms. The highest BCUT2D eigenvalue weighted by Gasteiger charge is 2.44. The van der Waals surface area contributed by atoms with Crippen LogP contribution in [0.1, 0.15) is 12.0 Å². The Hall–Kier alpha value is -1.59. The molecule has 0 N–H and O–H groups in total. The lowest BCUT2D eigenvalue weighted by molar-refractivity contribution is -0.148. The van der Waals surface area contributed by atoms with Crippen LogP contribution in [0.3, 0.4) is 0 Å². The number of fused-ring (bicyclic) bond motifs is 2. The van der Waals surface area contributed by atoms with Crippen molar-refractivity contribution in [1.29, 1.82) is 0 Å². The van der Waals surface area contributed by atoms with E-state index in [9.17, 15) is 0 Å². The third kappa shape index (κ3) is 2.72. The average Bonchev–Trinajstić information content (AvgIpc) is 2.87. The minimum atomic E-state index is -0.405. The summed E-state index contributed by atoms with van der Waals surface area (Å²) < 4.78 is 17.0. The largest absolute Gasteiger partial charge is 0.371 e. The zero-order valence-corrected chi connectivity index (χ0v) is 10.4. The summed E-state index contributed by atoms with van der Waals surface area (Å²) in [6, 6.07) is 9.66. The van der Waals surface area contributed by atoms with Crippen LogP contribution in [-0.2, 0) is 20.8 Å². The molecule has 0 spiro atoms. The van der Waals surface area contributed by atoms with E-state index in [1.54, 1.807) is 0 Å². The number of hydrogen-bond donors (Lipinski definition) is 0. The van der Waals surface area contributed by atoms with Gasteiger partial charge < -0.3 is 14.2 Å². The van der Waals surface area contributed by atoms with Crippen molar-refractivity contribution in [3.05, 3.63) is 46.3 Å². The van der Waals surface area contributed by atoms with Crippen molar-refractivity contribution in [1.82, 2.24) is 0 Å². The molecule has 3 rings (SSSR count). The molecular formula is C13H15N3O3. The third-order valence-electron chi connectivity index (χ3n) is 3.44. The maximum atomic E-state index is 8.55. The Morgan fingerprint density at radius 2 is 2.21 bits per heavy atom. The van der Waals surface area contributed by atoms with Crippen LogP contribution in [0.2, 0.25) is 0 Å². The van der Waals surface area contributed by atoms with Gasteiger partial charge in [0.25, 0.3) is 0 Å². The molecule has 100 valence electrons. The summed E-state index contributed by atoms with van der Waals surface area (Å²) in [5.41, 5.74) is 9.66. The smallest absolute Gasteiger partial charge is 0.166 e. The van der Waals surface area contributed by atoms with Crippen molar-refractivity contribution in [2.24, 2.45) is 5.11 Å². The number of rotatable bonds is 4. The van der Waals surface area contributed by atoms with Gasteiger partial charge in [0.1, 0.15) is 6.10 Å². The minimum absolute atomic E-state index is 0.0566. The number of hydrogen-bond acceptors (Lipinski definition) is 4. The molecule has 1 aromatic rings. The Labute approximate surface area is 110 Å². The molecule has 0 aliphatic carbocycles. The summed E-state index contributed by atoms with van der Waals surface area (Å²) in [5.74, 6) is 0. The zero-order chi connectivity index (χ0) is 13.1. The third-order valence-corrected chi connectivity index (χ3v) is 3.44. The van der Waals surface area contributed by atoms with Crippen LogP contribution in [0.15, 0.2) is 35.4 Å². The van der Waals surface area contributed by atoms with Gasteiger partial charge in [-0.3, -0.25) is 0 Å². The van der Waals surface area contributed by atoms with Gasteiger partial charge in [-0.05, 0) is 17.5 Å². The predicted molar refractivity (Wildman–Crippen MR) is 67.2 cm³/mol. The second kappa shape index (κ2) is 5.59. The predicted octanol–water partition coefficient (Wildman–Crippen LogP) is 2.40. The highest BCUT2D eigenvalue weighted by molar-refractivity contribution is 5.13. The highest BCUT2D eigenvalue weighted by atomic mass is 16.7. The van der Waals surface area contributed by atoms with Crippen LogP contribution in [0.5, 0.6) is 0 Å². The molecule has 2 fully saturated rings. The molecule has 0 amide bonds. The van der Waals surface area contributed by atoms with Gasteiger partial charge in [0.05, 0.1) is 25.4 Å². The number of benzene rings is 1. The molecule has 6 heteroatoms. The van der Waals surface area contributed by atoms with Gasteiger partial charge in [0, 0.05) is 4.91 Å². The normalized spacial score (nSPS) is 32.8. The van der Waals surface area contributed by atoms with E-state index in [0.29, 0.717) is 19.6 Å². The quantitative estimate of drug-likeness (QED) is 0.474. The summed E-state index contributed by atoms with van der Waals surface area (Å²) >= 11 is 0. The van der Waals surface area contributed by atoms with Gasteiger partial charge in [0.2, 0.25) is 0 Å². The summed E-state index contributed by atoms with van der Waals surface area (Å²) in [4.78, 5) is 2.84. The van der Waals surface area contributed by atoms with Crippen molar-refractivity contribution in [3.63, 3.8) is 0 Å². The Morgan fingerprint density at radius 1 is 1.37 bits per heavy atom. The molecule has 2 saturated heterocycles. The molecule has 0 radical (unpaired) electrons. The first-order valence-corrected chi connectivity index (χ1v) is 6.33. The monoisotopic (exact) mass is 261 g/mol. The van der Waals surface area contributed by atoms with Gasteiger partial charge in [0.15, 0.2) is 6.29 Å². The summed E-state index contributed by atoms with van der Waals surface area (Å²) in [6.07, 6.45) is 0.0949. The first kappa shape index (κ1) is 12.4. The zero-order valence-electron chi connectivity index (χ0n) is 10.4. The first-order chi connectivity index (χ1) is 9.36. The average molecular weight is 261 g/mol. The fraction of sp³-hybridized carbons (Fsp3) is 0.538. The van der Waals surface area contributed by atoms with Gasteiger partial charge >= 0.3 is 0 Å². The Kier molecular flexibility index (Phi) is 3.66. The maximum absolute atomic E-state index is 8.55. The molecule has 4 atom stereocenters. The van der Waals surface area contributed by atoms with Crippen LogP contribution >= 0.6 is 0 Å². The topological polar surface area (TPSA) is 76.5 Å². The van der Waals surface area contributed by atoms with Crippen molar-refractivity contribution in [2.75, 3.05) is 6.61 Å². The van der Waals surface area contributed by atoms with Gasteiger partial charge in [-0.2, -0.15) is 0 Å². The van der Waals surface area contributed by atoms with E-state index in [0.717, 1.165) is 5.56 Å². The van der Waals surface area contributed by atoms with Gasteiger partial charge in [-0.15, -0.1) is 0 Å². The number of ether oxygens (including phenoxy) is 3. The fourth-order valence-corrected chi connectivity index (χ4v) is 2.46. The van der Waals surface area contributed by atoms with E-state index in [4.69, 9.17) is 19.7 Å². The Balaban J connectivity index is 1.62. The van der Waals surface area contributed by atoms with E-state index in [1.165, 1.54) is 0 Å². The van der Waals surface area contributed by atoms with Crippen LogP contribution < -0.4 is 0 Å². The standard InChI is InChI=1S/C13H15N3O3/c14-16-15-10-6-11(12-8-18-13(10)19-12)17-7-9-4-2-1-3-5-9/h1-5,10-13H,6-8H2/t10-,11+,12-,13-/m1/s1. The molecule has 2 aliphatic heterocycles. The minimum Gasteiger partial charge on any atom is -0.371 e. The van der Waals surface area contributed by atoms with E-state index in [-0.39, 0.29) is 18.2 Å². The van der Waals surface area contributed by atoms with Gasteiger partial charge in [-0.25, -0.2) is 0 Å². The molecule has 2 bridgehead atoms. The number of azide groups is 1. The van der Waals surface area contributed by atoms with Crippen molar-refractivity contribution in [3.8, 4) is 0 Å². The first-order valence-electron chi connectivity index (χ1n) is 6.33. The SMILES string of the molecule is [N-]=[N+]=N[C@@H]1C[C@H](OCc2ccccc2)[C@H]2CO[C@@H]1O2. The van der Waals surface area contributed by atoms with Crippen molar-refractivity contribution in [2.45, 2.75) is 37.6 Å². The van der Waals surface area contributed by atoms with Crippen LogP contribution in [-0.4, -0.2) is 31.1 Å². The summed E-state index contributed by atoms with van der Waals surface area (Å²) in [5, 5.41) is 3.72. The van der Waals surface area contributed by atoms with Crippen LogP contribution in [0.4, 0.5) is 0 Å². The molecular weight excluding hydrogens is 246 g/mol. The molecule has 0 unspecified atom stereocenters. The van der Waals surface area contributed by atoms with E-state index >= 15 is 0 Å². The van der Waals surface area contributed by atoms with E-state index in [1.807, 2.05) is 30.3 Å². The molecule has 2 heterocycles. The second-order valence-corrected chi connectivity index (χ2v) is 4.72. The Bertz CT molecular complexity index is 475. The molecule has 1 aromatic carbocycles. The van der Waals surface area contributed by atoms with Crippen LogP contribution in [0.25, 0.3) is 10.4 Å². The number of nitrogens with zero attached hydrogens (tertiary/aromatic N) is 3. The Morgan fingerprint density at radius 3 is 3.00 bits per heavy atom. The van der Waals surface area contributed by atoms with Crippen molar-refractivity contribution >= 4 is 0 Å². The highest BCUT2D eigenvalue weighted by Crippen LogP contribution is 2.31. The summed E-state index contributed by atoms with van der Waals surface area (Å²) in [6.45, 7) is 1.03. The van der Waals surface area contributed by atoms with Crippen LogP contribution in [0, 0.1) is 0 Å². The van der Waals surface area contributed by atoms with E-state index in [2.05, 4.69) is 10.0 Å². The maximum Gasteiger partial charge on any atom is 0.166 e. The molecule has 2 aliphatic rings. The lowest BCUT2D eigenvalue weighted by Gasteiger charge is -2.31. The van der Waals surface area contributed by atoms with Crippen molar-refractivity contribution < 1.29 is 14.2 Å². The van der Waals surface area contributed by atoms with E-state index < -0.39 is 6.29 Å². The lowest BCUT2D eigenvalue weighted by atomic mass is 10.0. The van der Waals surface area contributed by atoms with Gasteiger partial charge in [-0.1, -0.05) is 35.4 Å².